The van der Waals surface area contributed by atoms with Crippen molar-refractivity contribution < 1.29 is 37.4 Å². The Morgan fingerprint density at radius 1 is 0.894 bits per heavy atom. The summed E-state index contributed by atoms with van der Waals surface area (Å²) in [4.78, 5) is 41.1. The summed E-state index contributed by atoms with van der Waals surface area (Å²) >= 11 is 0. The molecule has 2 aliphatic rings. The minimum atomic E-state index is -4.44. The number of fused-ring (bicyclic) bond motifs is 1. The maximum absolute atomic E-state index is 14.1. The Morgan fingerprint density at radius 3 is 2.21 bits per heavy atom. The van der Waals surface area contributed by atoms with Crippen LogP contribution in [0.25, 0.3) is 11.1 Å². The highest BCUT2D eigenvalue weighted by Gasteiger charge is 2.42. The van der Waals surface area contributed by atoms with E-state index in [0.29, 0.717) is 35.4 Å². The lowest BCUT2D eigenvalue weighted by Crippen LogP contribution is -2.48. The van der Waals surface area contributed by atoms with E-state index in [1.54, 1.807) is 29.2 Å². The van der Waals surface area contributed by atoms with Gasteiger partial charge in [0, 0.05) is 12.5 Å². The summed E-state index contributed by atoms with van der Waals surface area (Å²) in [5.41, 5.74) is 3.77. The Bertz CT molecular complexity index is 1750. The number of amides is 2. The van der Waals surface area contributed by atoms with Crippen LogP contribution in [0, 0.1) is 5.92 Å². The predicted octanol–water partition coefficient (Wildman–Crippen LogP) is 7.12. The highest BCUT2D eigenvalue weighted by atomic mass is 19.4. The van der Waals surface area contributed by atoms with Crippen molar-refractivity contribution in [1.29, 1.82) is 0 Å². The molecule has 47 heavy (non-hydrogen) atoms. The van der Waals surface area contributed by atoms with Crippen LogP contribution in [0.1, 0.15) is 59.2 Å². The lowest BCUT2D eigenvalue weighted by molar-refractivity contribution is -0.143. The lowest BCUT2D eigenvalue weighted by atomic mass is 9.90. The minimum Gasteiger partial charge on any atom is -0.489 e. The zero-order valence-electron chi connectivity index (χ0n) is 25.4. The van der Waals surface area contributed by atoms with Crippen LogP contribution in [-0.4, -0.2) is 34.3 Å². The largest absolute Gasteiger partial charge is 0.489 e. The van der Waals surface area contributed by atoms with E-state index >= 15 is 0 Å². The fourth-order valence-corrected chi connectivity index (χ4v) is 5.94. The molecular formula is C37H33F3N2O5. The molecule has 7 nitrogen and oxygen atoms in total. The molecule has 1 aliphatic heterocycles. The number of ether oxygens (including phenoxy) is 1. The Kier molecular flexibility index (Phi) is 9.02. The van der Waals surface area contributed by atoms with E-state index in [0.717, 1.165) is 41.7 Å². The zero-order valence-corrected chi connectivity index (χ0v) is 25.4. The quantitative estimate of drug-likeness (QED) is 0.192. The van der Waals surface area contributed by atoms with Crippen molar-refractivity contribution in [2.45, 2.75) is 50.6 Å². The topological polar surface area (TPSA) is 95.9 Å². The first-order valence-electron chi connectivity index (χ1n) is 15.5. The smallest absolute Gasteiger partial charge is 0.416 e. The first-order valence-corrected chi connectivity index (χ1v) is 15.5. The van der Waals surface area contributed by atoms with Crippen LogP contribution >= 0.6 is 0 Å². The Hall–Kier alpha value is -5.12. The maximum atomic E-state index is 14.1. The molecule has 2 amide bonds. The number of hydrogen-bond acceptors (Lipinski definition) is 4. The molecule has 2 atom stereocenters. The van der Waals surface area contributed by atoms with Crippen LogP contribution in [0.15, 0.2) is 97.1 Å². The molecule has 0 bridgehead atoms. The first kappa shape index (κ1) is 31.8. The highest BCUT2D eigenvalue weighted by molar-refractivity contribution is 5.91. The van der Waals surface area contributed by atoms with Gasteiger partial charge in [0.05, 0.1) is 18.0 Å². The van der Waals surface area contributed by atoms with Gasteiger partial charge in [-0.15, -0.1) is 0 Å². The summed E-state index contributed by atoms with van der Waals surface area (Å²) in [5, 5.41) is 12.7. The van der Waals surface area contributed by atoms with Crippen molar-refractivity contribution in [2.75, 3.05) is 6.54 Å². The normalized spacial score (nSPS) is 16.6. The average molecular weight is 643 g/mol. The van der Waals surface area contributed by atoms with Crippen molar-refractivity contribution >= 4 is 17.8 Å². The number of carbonyl (C=O) groups is 3. The molecule has 1 fully saturated rings. The average Bonchev–Trinajstić information content (AvgIpc) is 3.92. The number of rotatable bonds is 10. The van der Waals surface area contributed by atoms with Gasteiger partial charge in [0.25, 0.3) is 0 Å². The van der Waals surface area contributed by atoms with E-state index < -0.39 is 35.7 Å². The summed E-state index contributed by atoms with van der Waals surface area (Å²) in [5.74, 6) is -1.46. The Labute approximate surface area is 270 Å². The second kappa shape index (κ2) is 13.3. The van der Waals surface area contributed by atoms with Gasteiger partial charge in [0.15, 0.2) is 0 Å². The summed E-state index contributed by atoms with van der Waals surface area (Å²) in [6, 6.07) is 25.2. The van der Waals surface area contributed by atoms with E-state index in [-0.39, 0.29) is 24.9 Å². The van der Waals surface area contributed by atoms with E-state index in [4.69, 9.17) is 4.74 Å². The molecular weight excluding hydrogens is 609 g/mol. The molecule has 0 spiro atoms. The van der Waals surface area contributed by atoms with Crippen LogP contribution in [0.2, 0.25) is 0 Å². The van der Waals surface area contributed by atoms with Crippen LogP contribution in [0.4, 0.5) is 13.2 Å². The summed E-state index contributed by atoms with van der Waals surface area (Å²) in [6.45, 7) is 0.333. The molecule has 4 aromatic rings. The van der Waals surface area contributed by atoms with E-state index in [9.17, 15) is 32.7 Å². The van der Waals surface area contributed by atoms with Crippen LogP contribution in [-0.2, 0) is 33.6 Å². The number of benzene rings is 4. The number of nitrogens with zero attached hydrogens (tertiary/aromatic N) is 1. The number of halogens is 3. The van der Waals surface area contributed by atoms with Crippen molar-refractivity contribution in [3.63, 3.8) is 0 Å². The van der Waals surface area contributed by atoms with E-state index in [1.807, 2.05) is 48.5 Å². The molecule has 0 radical (unpaired) electrons. The number of carboxylic acid groups (broad SMARTS) is 1. The van der Waals surface area contributed by atoms with Crippen molar-refractivity contribution in [1.82, 2.24) is 10.2 Å². The molecule has 0 saturated heterocycles. The van der Waals surface area contributed by atoms with Gasteiger partial charge in [-0.3, -0.25) is 14.4 Å². The van der Waals surface area contributed by atoms with Crippen molar-refractivity contribution in [3.8, 4) is 16.9 Å². The fourth-order valence-electron chi connectivity index (χ4n) is 5.94. The molecule has 1 saturated carbocycles. The van der Waals surface area contributed by atoms with Gasteiger partial charge in [-0.25, -0.2) is 0 Å². The number of nitrogens with one attached hydrogen (secondary N) is 1. The maximum Gasteiger partial charge on any atom is 0.416 e. The van der Waals surface area contributed by atoms with E-state index in [2.05, 4.69) is 5.32 Å². The predicted molar refractivity (Wildman–Crippen MR) is 168 cm³/mol. The fraction of sp³-hybridized carbons (Fsp3) is 0.270. The van der Waals surface area contributed by atoms with Gasteiger partial charge in [-0.1, -0.05) is 72.8 Å². The Balaban J connectivity index is 1.25. The van der Waals surface area contributed by atoms with E-state index in [1.165, 1.54) is 12.1 Å². The molecule has 2 unspecified atom stereocenters. The third kappa shape index (κ3) is 7.48. The minimum absolute atomic E-state index is 0.00182. The number of carbonyl (C=O) groups excluding carboxylic acids is 2. The molecule has 10 heteroatoms. The van der Waals surface area contributed by atoms with Crippen LogP contribution in [0.5, 0.6) is 5.75 Å². The first-order chi connectivity index (χ1) is 22.6. The third-order valence-electron chi connectivity index (χ3n) is 8.61. The van der Waals surface area contributed by atoms with Gasteiger partial charge in [-0.05, 0) is 76.9 Å². The van der Waals surface area contributed by atoms with Crippen LogP contribution < -0.4 is 10.1 Å². The van der Waals surface area contributed by atoms with Gasteiger partial charge in [0.2, 0.25) is 11.8 Å². The summed E-state index contributed by atoms with van der Waals surface area (Å²) < 4.78 is 44.8. The molecule has 4 aromatic carbocycles. The molecule has 0 aromatic heterocycles. The number of carboxylic acids is 1. The highest BCUT2D eigenvalue weighted by Crippen LogP contribution is 2.39. The van der Waals surface area contributed by atoms with Gasteiger partial charge >= 0.3 is 12.1 Å². The zero-order chi connectivity index (χ0) is 33.1. The second-order valence-electron chi connectivity index (χ2n) is 11.9. The SMILES string of the molecule is O=C(O)CC(NC(=O)C1c2cc(OCc3ccc(C(F)(F)F)cc3)ccc2CCN1C(=O)C1CC1)c1ccc(-c2ccccc2)cc1. The van der Waals surface area contributed by atoms with Crippen molar-refractivity contribution in [2.24, 2.45) is 5.92 Å². The third-order valence-corrected chi connectivity index (χ3v) is 8.61. The molecule has 1 aliphatic carbocycles. The summed E-state index contributed by atoms with van der Waals surface area (Å²) in [7, 11) is 0. The number of hydrogen-bond donors (Lipinski definition) is 2. The van der Waals surface area contributed by atoms with Gasteiger partial charge < -0.3 is 20.1 Å². The lowest BCUT2D eigenvalue weighted by Gasteiger charge is -2.37. The van der Waals surface area contributed by atoms with Gasteiger partial charge in [0.1, 0.15) is 18.4 Å². The molecule has 6 rings (SSSR count). The van der Waals surface area contributed by atoms with Crippen molar-refractivity contribution in [3.05, 3.63) is 125 Å². The molecule has 2 N–H and O–H groups in total. The standard InChI is InChI=1S/C37H33F3N2O5/c38-37(39,40)29-15-6-23(7-16-29)22-47-30-17-14-26-18-19-42(36(46)28-12-13-28)34(31(26)20-30)35(45)41-32(21-33(43)44)27-10-8-25(9-11-27)24-4-2-1-3-5-24/h1-11,14-17,20,28,32,34H,12-13,18-19,21-22H2,(H,41,45)(H,43,44). The monoisotopic (exact) mass is 642 g/mol. The summed E-state index contributed by atoms with van der Waals surface area (Å²) in [6.07, 6.45) is -2.77. The number of aliphatic carboxylic acids is 1. The number of alkyl halides is 3. The molecule has 242 valence electrons. The molecule has 1 heterocycles. The van der Waals surface area contributed by atoms with Gasteiger partial charge in [-0.2, -0.15) is 13.2 Å². The van der Waals surface area contributed by atoms with Crippen LogP contribution in [0.3, 0.4) is 0 Å². The second-order valence-corrected chi connectivity index (χ2v) is 11.9. The Morgan fingerprint density at radius 2 is 1.57 bits per heavy atom.